The molecule has 36 heavy (non-hydrogen) atoms. The van der Waals surface area contributed by atoms with Crippen LogP contribution in [0, 0.1) is 17.5 Å². The van der Waals surface area contributed by atoms with E-state index in [1.807, 2.05) is 0 Å². The van der Waals surface area contributed by atoms with Gasteiger partial charge >= 0.3 is 0 Å². The summed E-state index contributed by atoms with van der Waals surface area (Å²) in [6.45, 7) is 0. The van der Waals surface area contributed by atoms with E-state index < -0.39 is 58.5 Å². The number of halogens is 3. The molecule has 1 aliphatic carbocycles. The maximum absolute atomic E-state index is 14.4. The molecule has 1 aliphatic heterocycles. The van der Waals surface area contributed by atoms with Crippen LogP contribution in [0.2, 0.25) is 0 Å². The number of rotatable bonds is 4. The topological polar surface area (TPSA) is 105 Å². The molecule has 1 saturated heterocycles. The normalized spacial score (nSPS) is 25.8. The number of amides is 1. The number of aliphatic hydroxyl groups excluding tert-OH is 1. The lowest BCUT2D eigenvalue weighted by Gasteiger charge is -2.49. The Kier molecular flexibility index (Phi) is 6.50. The molecule has 1 aromatic carbocycles. The van der Waals surface area contributed by atoms with Crippen LogP contribution >= 0.6 is 0 Å². The molecule has 0 bridgehead atoms. The molecule has 3 aromatic rings. The lowest BCUT2D eigenvalue weighted by molar-refractivity contribution is -0.242. The van der Waals surface area contributed by atoms with Crippen molar-refractivity contribution < 1.29 is 32.9 Å². The summed E-state index contributed by atoms with van der Waals surface area (Å²) in [5, 5.41) is 24.3. The summed E-state index contributed by atoms with van der Waals surface area (Å²) in [4.78, 5) is 20.9. The first-order chi connectivity index (χ1) is 17.3. The number of carbonyl (C=O) groups excluding carboxylic acids is 1. The first-order valence-electron chi connectivity index (χ1n) is 11.7. The van der Waals surface area contributed by atoms with Crippen molar-refractivity contribution in [2.24, 2.45) is 0 Å². The minimum atomic E-state index is -1.30. The fourth-order valence-corrected chi connectivity index (χ4v) is 5.02. The number of carbonyl (C=O) groups is 1. The van der Waals surface area contributed by atoms with Gasteiger partial charge in [-0.25, -0.2) is 18.2 Å². The van der Waals surface area contributed by atoms with Crippen molar-refractivity contribution in [3.8, 4) is 11.3 Å². The van der Waals surface area contributed by atoms with Crippen LogP contribution in [-0.2, 0) is 4.74 Å². The number of hydrogen-bond acceptors (Lipinski definition) is 6. The molecule has 10 heteroatoms. The molecule has 7 nitrogen and oxygen atoms in total. The van der Waals surface area contributed by atoms with Crippen molar-refractivity contribution >= 4 is 11.6 Å². The van der Waals surface area contributed by atoms with Gasteiger partial charge in [-0.3, -0.25) is 9.78 Å². The van der Waals surface area contributed by atoms with Crippen LogP contribution in [0.1, 0.15) is 54.3 Å². The largest absolute Gasteiger partial charge is 0.390 e. The number of pyridine rings is 2. The van der Waals surface area contributed by atoms with Crippen LogP contribution in [0.4, 0.5) is 18.9 Å². The van der Waals surface area contributed by atoms with Crippen molar-refractivity contribution in [1.29, 1.82) is 0 Å². The molecule has 3 N–H and O–H groups in total. The SMILES string of the molecule is O=C(Nc1cnccc1[C@@H]1C[C@H](O)[C@]2(O)CCCC[C@@H]2O1)c1ccc(F)c(-c2c(F)cccc2F)n1. The average Bonchev–Trinajstić information content (AvgIpc) is 2.86. The van der Waals surface area contributed by atoms with E-state index in [9.17, 15) is 28.2 Å². The molecule has 3 heterocycles. The smallest absolute Gasteiger partial charge is 0.274 e. The van der Waals surface area contributed by atoms with E-state index in [1.54, 1.807) is 6.07 Å². The van der Waals surface area contributed by atoms with Crippen LogP contribution in [0.3, 0.4) is 0 Å². The fourth-order valence-electron chi connectivity index (χ4n) is 5.02. The number of fused-ring (bicyclic) bond motifs is 1. The molecule has 0 radical (unpaired) electrons. The number of hydrogen-bond donors (Lipinski definition) is 3. The van der Waals surface area contributed by atoms with E-state index >= 15 is 0 Å². The Morgan fingerprint density at radius 2 is 1.86 bits per heavy atom. The maximum atomic E-state index is 14.4. The minimum absolute atomic E-state index is 0.116. The third-order valence-electron chi connectivity index (χ3n) is 6.92. The number of nitrogens with one attached hydrogen (secondary N) is 1. The van der Waals surface area contributed by atoms with E-state index in [-0.39, 0.29) is 17.8 Å². The van der Waals surface area contributed by atoms with Gasteiger partial charge < -0.3 is 20.3 Å². The Hall–Kier alpha value is -3.34. The second-order valence-corrected chi connectivity index (χ2v) is 9.14. The molecule has 2 fully saturated rings. The van der Waals surface area contributed by atoms with Crippen LogP contribution in [0.25, 0.3) is 11.3 Å². The third kappa shape index (κ3) is 4.36. The van der Waals surface area contributed by atoms with Crippen molar-refractivity contribution in [3.05, 3.63) is 77.5 Å². The Morgan fingerprint density at radius 1 is 1.08 bits per heavy atom. The van der Waals surface area contributed by atoms with Gasteiger partial charge in [-0.1, -0.05) is 18.9 Å². The van der Waals surface area contributed by atoms with Gasteiger partial charge in [0.2, 0.25) is 0 Å². The Balaban J connectivity index is 1.42. The van der Waals surface area contributed by atoms with Crippen LogP contribution in [-0.4, -0.2) is 43.9 Å². The zero-order valence-electron chi connectivity index (χ0n) is 19.1. The lowest BCUT2D eigenvalue weighted by Crippen LogP contribution is -2.58. The van der Waals surface area contributed by atoms with E-state index in [2.05, 4.69) is 15.3 Å². The third-order valence-corrected chi connectivity index (χ3v) is 6.92. The highest BCUT2D eigenvalue weighted by molar-refractivity contribution is 6.03. The summed E-state index contributed by atoms with van der Waals surface area (Å²) in [7, 11) is 0. The van der Waals surface area contributed by atoms with E-state index in [1.165, 1.54) is 12.4 Å². The Labute approximate surface area is 205 Å². The second kappa shape index (κ2) is 9.61. The number of benzene rings is 1. The van der Waals surface area contributed by atoms with Crippen LogP contribution in [0.5, 0.6) is 0 Å². The van der Waals surface area contributed by atoms with Crippen molar-refractivity contribution in [2.75, 3.05) is 5.32 Å². The second-order valence-electron chi connectivity index (χ2n) is 9.14. The minimum Gasteiger partial charge on any atom is -0.390 e. The summed E-state index contributed by atoms with van der Waals surface area (Å²) in [6.07, 6.45) is 3.58. The van der Waals surface area contributed by atoms with Gasteiger partial charge in [-0.15, -0.1) is 0 Å². The monoisotopic (exact) mass is 499 g/mol. The highest BCUT2D eigenvalue weighted by atomic mass is 19.1. The Bertz CT molecular complexity index is 1290. The molecule has 0 unspecified atom stereocenters. The molecule has 4 atom stereocenters. The van der Waals surface area contributed by atoms with Gasteiger partial charge in [0.05, 0.1) is 35.8 Å². The van der Waals surface area contributed by atoms with E-state index in [0.29, 0.717) is 18.4 Å². The highest BCUT2D eigenvalue weighted by Crippen LogP contribution is 2.45. The lowest BCUT2D eigenvalue weighted by atomic mass is 9.74. The predicted molar refractivity (Wildman–Crippen MR) is 123 cm³/mol. The number of ether oxygens (including phenoxy) is 1. The first kappa shape index (κ1) is 24.4. The molecule has 0 spiro atoms. The number of nitrogens with zero attached hydrogens (tertiary/aromatic N) is 2. The number of aromatic nitrogens is 2. The number of anilines is 1. The summed E-state index contributed by atoms with van der Waals surface area (Å²) in [5.41, 5.74) is -2.06. The molecule has 188 valence electrons. The first-order valence-corrected chi connectivity index (χ1v) is 11.7. The predicted octanol–water partition coefficient (Wildman–Crippen LogP) is 4.31. The molecule has 2 aromatic heterocycles. The van der Waals surface area contributed by atoms with Crippen LogP contribution in [0.15, 0.2) is 48.8 Å². The molecule has 1 amide bonds. The number of aliphatic hydroxyl groups is 2. The average molecular weight is 499 g/mol. The summed E-state index contributed by atoms with van der Waals surface area (Å²) < 4.78 is 49.0. The maximum Gasteiger partial charge on any atom is 0.274 e. The summed E-state index contributed by atoms with van der Waals surface area (Å²) in [5.74, 6) is -3.76. The quantitative estimate of drug-likeness (QED) is 0.494. The van der Waals surface area contributed by atoms with Gasteiger partial charge in [-0.2, -0.15) is 0 Å². The van der Waals surface area contributed by atoms with Crippen LogP contribution < -0.4 is 5.32 Å². The fraction of sp³-hybridized carbons (Fsp3) is 0.346. The van der Waals surface area contributed by atoms with E-state index in [4.69, 9.17) is 4.74 Å². The zero-order chi connectivity index (χ0) is 25.4. The summed E-state index contributed by atoms with van der Waals surface area (Å²) in [6, 6.07) is 6.74. The van der Waals surface area contributed by atoms with Crippen molar-refractivity contribution in [3.63, 3.8) is 0 Å². The molecule has 5 rings (SSSR count). The van der Waals surface area contributed by atoms with Gasteiger partial charge in [0.1, 0.15) is 34.4 Å². The molecular weight excluding hydrogens is 475 g/mol. The van der Waals surface area contributed by atoms with Crippen molar-refractivity contribution in [2.45, 2.75) is 56.0 Å². The molecular formula is C26H24F3N3O4. The van der Waals surface area contributed by atoms with Gasteiger partial charge in [-0.05, 0) is 43.2 Å². The zero-order valence-corrected chi connectivity index (χ0v) is 19.1. The van der Waals surface area contributed by atoms with Gasteiger partial charge in [0.25, 0.3) is 5.91 Å². The van der Waals surface area contributed by atoms with Crippen molar-refractivity contribution in [1.82, 2.24) is 9.97 Å². The van der Waals surface area contributed by atoms with E-state index in [0.717, 1.165) is 43.2 Å². The molecule has 1 saturated carbocycles. The standard InChI is InChI=1S/C26H24F3N3O4/c27-15-4-3-5-16(28)23(15)24-17(29)7-8-18(31-24)25(34)32-19-13-30-11-9-14(19)20-12-21(33)26(35)10-2-1-6-22(26)36-20/h3-5,7-9,11,13,20-22,33,35H,1-2,6,10,12H2,(H,32,34)/t20-,21-,22-,26+/m0/s1. The molecule has 2 aliphatic rings. The van der Waals surface area contributed by atoms with Gasteiger partial charge in [0, 0.05) is 18.2 Å². The summed E-state index contributed by atoms with van der Waals surface area (Å²) >= 11 is 0. The van der Waals surface area contributed by atoms with Gasteiger partial charge in [0.15, 0.2) is 0 Å². The highest BCUT2D eigenvalue weighted by Gasteiger charge is 2.51. The Morgan fingerprint density at radius 3 is 2.64 bits per heavy atom.